The predicted octanol–water partition coefficient (Wildman–Crippen LogP) is 3.46. The largest absolute Gasteiger partial charge is 0.496 e. The zero-order chi connectivity index (χ0) is 20.3. The van der Waals surface area contributed by atoms with E-state index in [-0.39, 0.29) is 0 Å². The highest BCUT2D eigenvalue weighted by atomic mass is 16.5. The second kappa shape index (κ2) is 11.5. The maximum absolute atomic E-state index is 5.44. The molecule has 3 rings (SSSR count). The molecule has 2 N–H and O–H groups in total. The molecule has 0 radical (unpaired) electrons. The summed E-state index contributed by atoms with van der Waals surface area (Å²) in [4.78, 5) is 7.33. The molecule has 0 amide bonds. The number of piperidine rings is 1. The number of aliphatic imine (C=N–C) groups is 1. The van der Waals surface area contributed by atoms with Gasteiger partial charge in [-0.05, 0) is 43.4 Å². The van der Waals surface area contributed by atoms with Gasteiger partial charge in [-0.15, -0.1) is 0 Å². The van der Waals surface area contributed by atoms with E-state index in [0.717, 1.165) is 63.7 Å². The molecule has 0 spiro atoms. The fourth-order valence-corrected chi connectivity index (χ4v) is 3.79. The molecule has 1 aliphatic heterocycles. The zero-order valence-electron chi connectivity index (χ0n) is 17.7. The number of hydrogen-bond acceptors (Lipinski definition) is 3. The Labute approximate surface area is 175 Å². The molecule has 1 saturated heterocycles. The molecule has 156 valence electrons. The van der Waals surface area contributed by atoms with Gasteiger partial charge in [0.1, 0.15) is 5.75 Å². The van der Waals surface area contributed by atoms with E-state index in [0.29, 0.717) is 6.04 Å². The SMILES string of the molecule is CCNC(=NCCc1ccccc1OC)NC1CCN(Cc2ccccc2)CC1. The zero-order valence-corrected chi connectivity index (χ0v) is 17.7. The van der Waals surface area contributed by atoms with Crippen molar-refractivity contribution in [1.82, 2.24) is 15.5 Å². The fraction of sp³-hybridized carbons (Fsp3) is 0.458. The summed E-state index contributed by atoms with van der Waals surface area (Å²) in [5.74, 6) is 1.86. The van der Waals surface area contributed by atoms with Crippen molar-refractivity contribution in [2.24, 2.45) is 4.99 Å². The lowest BCUT2D eigenvalue weighted by Gasteiger charge is -2.33. The standard InChI is InChI=1S/C24H34N4O/c1-3-25-24(26-16-13-21-11-7-8-12-23(21)29-2)27-22-14-17-28(18-15-22)19-20-9-5-4-6-10-20/h4-12,22H,3,13-19H2,1-2H3,(H2,25,26,27). The molecule has 0 aliphatic carbocycles. The first-order chi connectivity index (χ1) is 14.3. The molecular formula is C24H34N4O. The number of methoxy groups -OCH3 is 1. The number of hydrogen-bond donors (Lipinski definition) is 2. The number of nitrogens with one attached hydrogen (secondary N) is 2. The molecule has 2 aromatic carbocycles. The minimum absolute atomic E-state index is 0.478. The summed E-state index contributed by atoms with van der Waals surface area (Å²) in [7, 11) is 1.72. The number of ether oxygens (including phenoxy) is 1. The van der Waals surface area contributed by atoms with Crippen molar-refractivity contribution >= 4 is 5.96 Å². The van der Waals surface area contributed by atoms with Crippen molar-refractivity contribution in [3.8, 4) is 5.75 Å². The van der Waals surface area contributed by atoms with E-state index < -0.39 is 0 Å². The third kappa shape index (κ3) is 6.79. The maximum atomic E-state index is 5.44. The monoisotopic (exact) mass is 394 g/mol. The molecule has 5 heteroatoms. The number of rotatable bonds is 8. The number of para-hydroxylation sites is 1. The highest BCUT2D eigenvalue weighted by Gasteiger charge is 2.20. The smallest absolute Gasteiger partial charge is 0.191 e. The first-order valence-corrected chi connectivity index (χ1v) is 10.7. The minimum atomic E-state index is 0.478. The summed E-state index contributed by atoms with van der Waals surface area (Å²) < 4.78 is 5.44. The third-order valence-electron chi connectivity index (χ3n) is 5.37. The summed E-state index contributed by atoms with van der Waals surface area (Å²) in [5.41, 5.74) is 2.59. The van der Waals surface area contributed by atoms with Gasteiger partial charge in [0, 0.05) is 38.8 Å². The van der Waals surface area contributed by atoms with Crippen molar-refractivity contribution in [2.75, 3.05) is 33.3 Å². The van der Waals surface area contributed by atoms with E-state index in [2.05, 4.69) is 58.9 Å². The second-order valence-electron chi connectivity index (χ2n) is 7.50. The van der Waals surface area contributed by atoms with Crippen LogP contribution in [0.15, 0.2) is 59.6 Å². The lowest BCUT2D eigenvalue weighted by atomic mass is 10.0. The summed E-state index contributed by atoms with van der Waals surface area (Å²) in [6.45, 7) is 7.00. The molecule has 0 atom stereocenters. The summed E-state index contributed by atoms with van der Waals surface area (Å²) in [6.07, 6.45) is 3.16. The van der Waals surface area contributed by atoms with Crippen LogP contribution in [-0.4, -0.2) is 50.2 Å². The number of likely N-dealkylation sites (tertiary alicyclic amines) is 1. The Bertz CT molecular complexity index is 754. The normalized spacial score (nSPS) is 15.9. The van der Waals surface area contributed by atoms with Crippen LogP contribution in [0.5, 0.6) is 5.75 Å². The van der Waals surface area contributed by atoms with Gasteiger partial charge in [0.15, 0.2) is 5.96 Å². The molecule has 0 bridgehead atoms. The fourth-order valence-electron chi connectivity index (χ4n) is 3.79. The molecule has 1 heterocycles. The topological polar surface area (TPSA) is 48.9 Å². The van der Waals surface area contributed by atoms with Crippen LogP contribution >= 0.6 is 0 Å². The molecular weight excluding hydrogens is 360 g/mol. The van der Waals surface area contributed by atoms with Gasteiger partial charge in [0.05, 0.1) is 7.11 Å². The molecule has 0 unspecified atom stereocenters. The second-order valence-corrected chi connectivity index (χ2v) is 7.50. The highest BCUT2D eigenvalue weighted by Crippen LogP contribution is 2.18. The lowest BCUT2D eigenvalue weighted by molar-refractivity contribution is 0.198. The van der Waals surface area contributed by atoms with Gasteiger partial charge in [0.2, 0.25) is 0 Å². The Balaban J connectivity index is 1.47. The van der Waals surface area contributed by atoms with E-state index in [4.69, 9.17) is 9.73 Å². The maximum Gasteiger partial charge on any atom is 0.191 e. The van der Waals surface area contributed by atoms with Gasteiger partial charge in [-0.25, -0.2) is 0 Å². The predicted molar refractivity (Wildman–Crippen MR) is 121 cm³/mol. The van der Waals surface area contributed by atoms with E-state index >= 15 is 0 Å². The number of guanidine groups is 1. The Morgan fingerprint density at radius 3 is 2.52 bits per heavy atom. The van der Waals surface area contributed by atoms with Gasteiger partial charge in [-0.3, -0.25) is 9.89 Å². The van der Waals surface area contributed by atoms with Crippen LogP contribution < -0.4 is 15.4 Å². The van der Waals surface area contributed by atoms with Crippen LogP contribution in [0.1, 0.15) is 30.9 Å². The molecule has 29 heavy (non-hydrogen) atoms. The molecule has 2 aromatic rings. The average molecular weight is 395 g/mol. The van der Waals surface area contributed by atoms with Gasteiger partial charge in [0.25, 0.3) is 0 Å². The van der Waals surface area contributed by atoms with E-state index in [1.165, 1.54) is 11.1 Å². The van der Waals surface area contributed by atoms with Crippen LogP contribution in [0.25, 0.3) is 0 Å². The van der Waals surface area contributed by atoms with E-state index in [9.17, 15) is 0 Å². The van der Waals surface area contributed by atoms with Crippen LogP contribution in [0.2, 0.25) is 0 Å². The van der Waals surface area contributed by atoms with Crippen molar-refractivity contribution in [2.45, 2.75) is 38.8 Å². The highest BCUT2D eigenvalue weighted by molar-refractivity contribution is 5.80. The number of benzene rings is 2. The van der Waals surface area contributed by atoms with Gasteiger partial charge < -0.3 is 15.4 Å². The Morgan fingerprint density at radius 2 is 1.79 bits per heavy atom. The third-order valence-corrected chi connectivity index (χ3v) is 5.37. The first kappa shape index (κ1) is 21.2. The minimum Gasteiger partial charge on any atom is -0.496 e. The Morgan fingerprint density at radius 1 is 1.07 bits per heavy atom. The summed E-state index contributed by atoms with van der Waals surface area (Å²) in [5, 5.41) is 7.03. The lowest BCUT2D eigenvalue weighted by Crippen LogP contribution is -2.48. The summed E-state index contributed by atoms with van der Waals surface area (Å²) in [6, 6.07) is 19.4. The number of nitrogens with zero attached hydrogens (tertiary/aromatic N) is 2. The quantitative estimate of drug-likeness (QED) is 0.532. The van der Waals surface area contributed by atoms with Gasteiger partial charge >= 0.3 is 0 Å². The Kier molecular flexibility index (Phi) is 8.38. The van der Waals surface area contributed by atoms with Crippen molar-refractivity contribution in [3.05, 3.63) is 65.7 Å². The van der Waals surface area contributed by atoms with Crippen LogP contribution in [0, 0.1) is 0 Å². The van der Waals surface area contributed by atoms with Crippen LogP contribution in [0.3, 0.4) is 0 Å². The summed E-state index contributed by atoms with van der Waals surface area (Å²) >= 11 is 0. The molecule has 1 fully saturated rings. The molecule has 5 nitrogen and oxygen atoms in total. The average Bonchev–Trinajstić information content (AvgIpc) is 2.76. The Hall–Kier alpha value is -2.53. The van der Waals surface area contributed by atoms with Crippen molar-refractivity contribution in [1.29, 1.82) is 0 Å². The van der Waals surface area contributed by atoms with Crippen LogP contribution in [-0.2, 0) is 13.0 Å². The van der Waals surface area contributed by atoms with Crippen molar-refractivity contribution in [3.63, 3.8) is 0 Å². The molecule has 0 aromatic heterocycles. The van der Waals surface area contributed by atoms with Crippen LogP contribution in [0.4, 0.5) is 0 Å². The van der Waals surface area contributed by atoms with E-state index in [1.54, 1.807) is 7.11 Å². The van der Waals surface area contributed by atoms with Gasteiger partial charge in [-0.2, -0.15) is 0 Å². The van der Waals surface area contributed by atoms with Crippen molar-refractivity contribution < 1.29 is 4.74 Å². The van der Waals surface area contributed by atoms with Gasteiger partial charge in [-0.1, -0.05) is 48.5 Å². The van der Waals surface area contributed by atoms with E-state index in [1.807, 2.05) is 18.2 Å². The molecule has 1 aliphatic rings. The first-order valence-electron chi connectivity index (χ1n) is 10.7. The molecule has 0 saturated carbocycles.